The van der Waals surface area contributed by atoms with Gasteiger partial charge < -0.3 is 10.5 Å². The van der Waals surface area contributed by atoms with Crippen molar-refractivity contribution in [1.29, 1.82) is 0 Å². The highest BCUT2D eigenvalue weighted by Crippen LogP contribution is 2.30. The van der Waals surface area contributed by atoms with Gasteiger partial charge in [-0.05, 0) is 19.3 Å². The lowest BCUT2D eigenvalue weighted by atomic mass is 10.2. The molecule has 1 aliphatic heterocycles. The topological polar surface area (TPSA) is 66.0 Å². The molecule has 2 aromatic rings. The van der Waals surface area contributed by atoms with Gasteiger partial charge in [-0.3, -0.25) is 0 Å². The van der Waals surface area contributed by atoms with Crippen LogP contribution in [0, 0.1) is 0 Å². The molecule has 2 N–H and O–H groups in total. The second-order valence-corrected chi connectivity index (χ2v) is 4.57. The van der Waals surface area contributed by atoms with Gasteiger partial charge in [-0.25, -0.2) is 9.67 Å². The van der Waals surface area contributed by atoms with E-state index in [9.17, 15) is 0 Å². The predicted octanol–water partition coefficient (Wildman–Crippen LogP) is 2.37. The highest BCUT2D eigenvalue weighted by molar-refractivity contribution is 6.34. The summed E-state index contributed by atoms with van der Waals surface area (Å²) < 4.78 is 7.48. The van der Waals surface area contributed by atoms with Crippen molar-refractivity contribution in [2.45, 2.75) is 25.5 Å². The van der Waals surface area contributed by atoms with Crippen LogP contribution in [0.1, 0.15) is 25.5 Å². The van der Waals surface area contributed by atoms with Gasteiger partial charge in [-0.15, -0.1) is 0 Å². The molecule has 1 unspecified atom stereocenters. The zero-order valence-corrected chi connectivity index (χ0v) is 10.0. The van der Waals surface area contributed by atoms with Crippen molar-refractivity contribution in [1.82, 2.24) is 14.8 Å². The summed E-state index contributed by atoms with van der Waals surface area (Å²) in [6.45, 7) is 0.773. The minimum absolute atomic E-state index is 0.0330. The fourth-order valence-electron chi connectivity index (χ4n) is 2.12. The third-order valence-electron chi connectivity index (χ3n) is 3.05. The lowest BCUT2D eigenvalue weighted by Crippen LogP contribution is -2.19. The summed E-state index contributed by atoms with van der Waals surface area (Å²) in [5.74, 6) is 0. The maximum absolute atomic E-state index is 5.93. The molecule has 0 spiro atoms. The van der Waals surface area contributed by atoms with Gasteiger partial charge >= 0.3 is 0 Å². The van der Waals surface area contributed by atoms with Gasteiger partial charge in [-0.1, -0.05) is 11.6 Å². The van der Waals surface area contributed by atoms with E-state index in [1.54, 1.807) is 17.1 Å². The quantitative estimate of drug-likeness (QED) is 0.846. The lowest BCUT2D eigenvalue weighted by Gasteiger charge is -2.22. The van der Waals surface area contributed by atoms with Crippen molar-refractivity contribution in [2.75, 3.05) is 12.3 Å². The molecule has 6 heteroatoms. The molecule has 0 amide bonds. The first kappa shape index (κ1) is 10.8. The summed E-state index contributed by atoms with van der Waals surface area (Å²) in [6.07, 6.45) is 6.43. The fraction of sp³-hybridized carbons (Fsp3) is 0.455. The molecular formula is C11H13ClN4O. The van der Waals surface area contributed by atoms with Gasteiger partial charge in [0.05, 0.1) is 28.5 Å². The minimum Gasteiger partial charge on any atom is -0.397 e. The maximum Gasteiger partial charge on any atom is 0.162 e. The zero-order chi connectivity index (χ0) is 11.8. The molecule has 3 heterocycles. The summed E-state index contributed by atoms with van der Waals surface area (Å²) in [4.78, 5) is 4.29. The van der Waals surface area contributed by atoms with Crippen molar-refractivity contribution < 1.29 is 4.74 Å². The Labute approximate surface area is 104 Å². The Morgan fingerprint density at radius 3 is 3.06 bits per heavy atom. The summed E-state index contributed by atoms with van der Waals surface area (Å²) in [6, 6.07) is 0. The minimum atomic E-state index is -0.0330. The molecule has 2 aromatic heterocycles. The number of nitrogens with two attached hydrogens (primary N) is 1. The van der Waals surface area contributed by atoms with E-state index in [4.69, 9.17) is 22.1 Å². The van der Waals surface area contributed by atoms with Crippen LogP contribution in [-0.2, 0) is 4.74 Å². The fourth-order valence-corrected chi connectivity index (χ4v) is 2.27. The van der Waals surface area contributed by atoms with Crippen LogP contribution in [-0.4, -0.2) is 21.4 Å². The first-order valence-corrected chi connectivity index (χ1v) is 6.04. The number of aromatic nitrogens is 3. The molecule has 0 aliphatic carbocycles. The number of nitrogen functional groups attached to an aromatic ring is 1. The number of halogens is 1. The van der Waals surface area contributed by atoms with Crippen LogP contribution in [0.25, 0.3) is 11.0 Å². The third kappa shape index (κ3) is 1.75. The Kier molecular flexibility index (Phi) is 2.64. The number of pyridine rings is 1. The van der Waals surface area contributed by atoms with Crippen LogP contribution in [0.4, 0.5) is 5.69 Å². The predicted molar refractivity (Wildman–Crippen MR) is 65.8 cm³/mol. The molecule has 1 aliphatic rings. The summed E-state index contributed by atoms with van der Waals surface area (Å²) in [5, 5.41) is 5.56. The Morgan fingerprint density at radius 1 is 1.41 bits per heavy atom. The van der Waals surface area contributed by atoms with Crippen LogP contribution >= 0.6 is 11.6 Å². The molecule has 17 heavy (non-hydrogen) atoms. The zero-order valence-electron chi connectivity index (χ0n) is 9.27. The van der Waals surface area contributed by atoms with Crippen molar-refractivity contribution in [3.63, 3.8) is 0 Å². The molecule has 1 fully saturated rings. The van der Waals surface area contributed by atoms with Gasteiger partial charge in [0.15, 0.2) is 11.9 Å². The molecule has 0 saturated carbocycles. The standard InChI is InChI=1S/C11H13ClN4O/c12-8-6-14-11-7(10(8)13)5-15-16(11)9-3-1-2-4-17-9/h5-6,9H,1-4H2,(H2,13,14). The van der Waals surface area contributed by atoms with E-state index in [0.29, 0.717) is 10.7 Å². The number of hydrogen-bond donors (Lipinski definition) is 1. The maximum atomic E-state index is 5.93. The highest BCUT2D eigenvalue weighted by Gasteiger charge is 2.20. The average molecular weight is 253 g/mol. The number of hydrogen-bond acceptors (Lipinski definition) is 4. The summed E-state index contributed by atoms with van der Waals surface area (Å²) >= 11 is 5.93. The van der Waals surface area contributed by atoms with Crippen LogP contribution in [0.3, 0.4) is 0 Å². The number of rotatable bonds is 1. The van der Waals surface area contributed by atoms with E-state index in [-0.39, 0.29) is 6.23 Å². The van der Waals surface area contributed by atoms with Gasteiger partial charge in [0.2, 0.25) is 0 Å². The van der Waals surface area contributed by atoms with Crippen molar-refractivity contribution in [3.05, 3.63) is 17.4 Å². The second-order valence-electron chi connectivity index (χ2n) is 4.17. The SMILES string of the molecule is Nc1c(Cl)cnc2c1cnn2C1CCCCO1. The Bertz CT molecular complexity index is 548. The van der Waals surface area contributed by atoms with Crippen LogP contribution < -0.4 is 5.73 Å². The van der Waals surface area contributed by atoms with E-state index in [0.717, 1.165) is 36.9 Å². The van der Waals surface area contributed by atoms with E-state index < -0.39 is 0 Å². The van der Waals surface area contributed by atoms with Gasteiger partial charge in [0.25, 0.3) is 0 Å². The first-order valence-electron chi connectivity index (χ1n) is 5.66. The first-order chi connectivity index (χ1) is 8.27. The third-order valence-corrected chi connectivity index (χ3v) is 3.35. The van der Waals surface area contributed by atoms with Crippen molar-refractivity contribution >= 4 is 28.3 Å². The van der Waals surface area contributed by atoms with E-state index in [1.807, 2.05) is 0 Å². The largest absolute Gasteiger partial charge is 0.397 e. The smallest absolute Gasteiger partial charge is 0.162 e. The molecule has 90 valence electrons. The number of ether oxygens (including phenoxy) is 1. The Morgan fingerprint density at radius 2 is 2.29 bits per heavy atom. The van der Waals surface area contributed by atoms with E-state index >= 15 is 0 Å². The molecule has 0 radical (unpaired) electrons. The summed E-state index contributed by atoms with van der Waals surface area (Å²) in [5.41, 5.74) is 7.16. The van der Waals surface area contributed by atoms with Gasteiger partial charge in [0.1, 0.15) is 0 Å². The highest BCUT2D eigenvalue weighted by atomic mass is 35.5. The Hall–Kier alpha value is -1.33. The molecule has 5 nitrogen and oxygen atoms in total. The number of nitrogens with zero attached hydrogens (tertiary/aromatic N) is 3. The molecular weight excluding hydrogens is 240 g/mol. The van der Waals surface area contributed by atoms with Crippen LogP contribution in [0.2, 0.25) is 5.02 Å². The van der Waals surface area contributed by atoms with Crippen LogP contribution in [0.5, 0.6) is 0 Å². The lowest BCUT2D eigenvalue weighted by molar-refractivity contribution is -0.0370. The summed E-state index contributed by atoms with van der Waals surface area (Å²) in [7, 11) is 0. The Balaban J connectivity index is 2.08. The van der Waals surface area contributed by atoms with Crippen LogP contribution in [0.15, 0.2) is 12.4 Å². The normalized spacial score (nSPS) is 20.9. The monoisotopic (exact) mass is 252 g/mol. The average Bonchev–Trinajstić information content (AvgIpc) is 2.79. The molecule has 1 saturated heterocycles. The van der Waals surface area contributed by atoms with E-state index in [1.165, 1.54) is 0 Å². The molecule has 1 atom stereocenters. The van der Waals surface area contributed by atoms with Gasteiger partial charge in [0, 0.05) is 6.61 Å². The second kappa shape index (κ2) is 4.16. The molecule has 0 bridgehead atoms. The van der Waals surface area contributed by atoms with Crippen molar-refractivity contribution in [3.8, 4) is 0 Å². The molecule has 3 rings (SSSR count). The molecule has 0 aromatic carbocycles. The number of fused-ring (bicyclic) bond motifs is 1. The van der Waals surface area contributed by atoms with Crippen molar-refractivity contribution in [2.24, 2.45) is 0 Å². The van der Waals surface area contributed by atoms with Gasteiger partial charge in [-0.2, -0.15) is 5.10 Å². The van der Waals surface area contributed by atoms with E-state index in [2.05, 4.69) is 10.1 Å². The number of anilines is 1.